The number of rotatable bonds is 3. The van der Waals surface area contributed by atoms with Gasteiger partial charge in [0, 0.05) is 5.88 Å². The van der Waals surface area contributed by atoms with E-state index < -0.39 is 5.97 Å². The number of carbonyl (C=O) groups is 1. The number of aromatic carboxylic acids is 1. The van der Waals surface area contributed by atoms with E-state index in [-0.39, 0.29) is 11.4 Å². The zero-order valence-electron chi connectivity index (χ0n) is 8.25. The second-order valence-electron chi connectivity index (χ2n) is 3.07. The Morgan fingerprint density at radius 1 is 1.53 bits per heavy atom. The number of nitrogens with zero attached hydrogens (tertiary/aromatic N) is 1. The normalized spacial score (nSPS) is 9.67. The van der Waals surface area contributed by atoms with Crippen LogP contribution in [0.4, 0.5) is 0 Å². The van der Waals surface area contributed by atoms with Crippen molar-refractivity contribution < 1.29 is 9.90 Å². The summed E-state index contributed by atoms with van der Waals surface area (Å²) in [6.45, 7) is 1.88. The first-order valence-electron chi connectivity index (χ1n) is 4.49. The molecule has 0 aromatic heterocycles. The van der Waals surface area contributed by atoms with Gasteiger partial charge >= 0.3 is 5.97 Å². The van der Waals surface area contributed by atoms with Gasteiger partial charge in [-0.1, -0.05) is 6.92 Å². The lowest BCUT2D eigenvalue weighted by Gasteiger charge is -2.07. The molecule has 1 N–H and O–H groups in total. The molecule has 0 bridgehead atoms. The van der Waals surface area contributed by atoms with Crippen molar-refractivity contribution in [3.05, 3.63) is 34.4 Å². The second-order valence-corrected chi connectivity index (χ2v) is 3.34. The first-order chi connectivity index (χ1) is 7.13. The van der Waals surface area contributed by atoms with Gasteiger partial charge in [-0.15, -0.1) is 11.6 Å². The fraction of sp³-hybridized carbons (Fsp3) is 0.273. The molecule has 0 atom stereocenters. The lowest BCUT2D eigenvalue weighted by atomic mass is 9.98. The number of nitriles is 1. The molecule has 0 fully saturated rings. The molecule has 1 aromatic rings. The van der Waals surface area contributed by atoms with Crippen LogP contribution in [-0.4, -0.2) is 11.1 Å². The van der Waals surface area contributed by atoms with Crippen molar-refractivity contribution in [2.45, 2.75) is 19.2 Å². The molecule has 4 heteroatoms. The van der Waals surface area contributed by atoms with Gasteiger partial charge in [0.1, 0.15) is 0 Å². The maximum Gasteiger partial charge on any atom is 0.336 e. The number of alkyl halides is 1. The zero-order valence-corrected chi connectivity index (χ0v) is 9.01. The van der Waals surface area contributed by atoms with Crippen LogP contribution in [0.5, 0.6) is 0 Å². The topological polar surface area (TPSA) is 61.1 Å². The highest BCUT2D eigenvalue weighted by molar-refractivity contribution is 6.17. The van der Waals surface area contributed by atoms with E-state index in [1.165, 1.54) is 6.07 Å². The van der Waals surface area contributed by atoms with Gasteiger partial charge in [-0.25, -0.2) is 4.79 Å². The van der Waals surface area contributed by atoms with Crippen LogP contribution in [0.1, 0.15) is 34.0 Å². The lowest BCUT2D eigenvalue weighted by molar-refractivity contribution is 0.0696. The summed E-state index contributed by atoms with van der Waals surface area (Å²) < 4.78 is 0. The van der Waals surface area contributed by atoms with Gasteiger partial charge in [-0.2, -0.15) is 5.26 Å². The minimum atomic E-state index is -1.01. The van der Waals surface area contributed by atoms with Crippen molar-refractivity contribution in [2.24, 2.45) is 0 Å². The molecule has 0 aliphatic rings. The van der Waals surface area contributed by atoms with E-state index >= 15 is 0 Å². The van der Waals surface area contributed by atoms with Crippen LogP contribution < -0.4 is 0 Å². The van der Waals surface area contributed by atoms with Crippen molar-refractivity contribution in [1.29, 1.82) is 5.26 Å². The quantitative estimate of drug-likeness (QED) is 0.801. The van der Waals surface area contributed by atoms with E-state index in [1.54, 1.807) is 6.07 Å². The molecule has 0 unspecified atom stereocenters. The summed E-state index contributed by atoms with van der Waals surface area (Å²) >= 11 is 5.63. The molecule has 15 heavy (non-hydrogen) atoms. The number of benzene rings is 1. The van der Waals surface area contributed by atoms with Crippen LogP contribution in [0.25, 0.3) is 0 Å². The highest BCUT2D eigenvalue weighted by atomic mass is 35.5. The molecule has 3 nitrogen and oxygen atoms in total. The van der Waals surface area contributed by atoms with E-state index in [2.05, 4.69) is 0 Å². The predicted molar refractivity (Wildman–Crippen MR) is 57.1 cm³/mol. The molecule has 1 aromatic carbocycles. The number of carboxylic acid groups (broad SMARTS) is 1. The SMILES string of the molecule is CCc1cc(C(=O)O)c(CCl)cc1C#N. The molecule has 0 saturated heterocycles. The Morgan fingerprint density at radius 2 is 2.20 bits per heavy atom. The maximum atomic E-state index is 10.9. The van der Waals surface area contributed by atoms with Crippen LogP contribution in [0.3, 0.4) is 0 Å². The average Bonchev–Trinajstić information content (AvgIpc) is 2.26. The molecule has 0 spiro atoms. The van der Waals surface area contributed by atoms with Crippen LogP contribution in [0.2, 0.25) is 0 Å². The fourth-order valence-corrected chi connectivity index (χ4v) is 1.62. The Hall–Kier alpha value is -1.53. The standard InChI is InChI=1S/C11H10ClNO2/c1-2-7-4-10(11(14)15)8(5-12)3-9(7)6-13/h3-4H,2,5H2,1H3,(H,14,15). The summed E-state index contributed by atoms with van der Waals surface area (Å²) in [5, 5.41) is 17.8. The van der Waals surface area contributed by atoms with Crippen molar-refractivity contribution >= 4 is 17.6 Å². The molecule has 0 aliphatic carbocycles. The largest absolute Gasteiger partial charge is 0.478 e. The summed E-state index contributed by atoms with van der Waals surface area (Å²) in [4.78, 5) is 10.9. The monoisotopic (exact) mass is 223 g/mol. The molecule has 0 saturated carbocycles. The van der Waals surface area contributed by atoms with E-state index in [4.69, 9.17) is 22.0 Å². The predicted octanol–water partition coefficient (Wildman–Crippen LogP) is 2.56. The third-order valence-corrected chi connectivity index (χ3v) is 2.49. The van der Waals surface area contributed by atoms with Gasteiger partial charge in [-0.05, 0) is 29.7 Å². The number of hydrogen-bond donors (Lipinski definition) is 1. The zero-order chi connectivity index (χ0) is 11.4. The number of aryl methyl sites for hydroxylation is 1. The Bertz CT molecular complexity index is 435. The molecule has 0 aliphatic heterocycles. The summed E-state index contributed by atoms with van der Waals surface area (Å²) in [6, 6.07) is 5.11. The molecule has 0 radical (unpaired) electrons. The van der Waals surface area contributed by atoms with Crippen LogP contribution in [0, 0.1) is 11.3 Å². The van der Waals surface area contributed by atoms with E-state index in [1.807, 2.05) is 13.0 Å². The molecule has 78 valence electrons. The van der Waals surface area contributed by atoms with Gasteiger partial charge in [0.2, 0.25) is 0 Å². The minimum absolute atomic E-state index is 0.0975. The summed E-state index contributed by atoms with van der Waals surface area (Å²) in [5.74, 6) is -0.912. The van der Waals surface area contributed by atoms with Gasteiger partial charge in [0.25, 0.3) is 0 Å². The minimum Gasteiger partial charge on any atom is -0.478 e. The fourth-order valence-electron chi connectivity index (χ4n) is 1.40. The highest BCUT2D eigenvalue weighted by Gasteiger charge is 2.13. The Kier molecular flexibility index (Phi) is 3.70. The Labute approximate surface area is 92.9 Å². The molecule has 0 amide bonds. The van der Waals surface area contributed by atoms with Crippen molar-refractivity contribution in [3.63, 3.8) is 0 Å². The van der Waals surface area contributed by atoms with Crippen LogP contribution in [0.15, 0.2) is 12.1 Å². The molecular formula is C11H10ClNO2. The molecule has 0 heterocycles. The van der Waals surface area contributed by atoms with E-state index in [0.717, 1.165) is 5.56 Å². The van der Waals surface area contributed by atoms with Gasteiger partial charge in [0.05, 0.1) is 17.2 Å². The summed E-state index contributed by atoms with van der Waals surface area (Å²) in [7, 11) is 0. The van der Waals surface area contributed by atoms with Crippen LogP contribution in [-0.2, 0) is 12.3 Å². The summed E-state index contributed by atoms with van der Waals surface area (Å²) in [5.41, 5.74) is 1.90. The highest BCUT2D eigenvalue weighted by Crippen LogP contribution is 2.19. The first kappa shape index (κ1) is 11.5. The molecule has 1 rings (SSSR count). The van der Waals surface area contributed by atoms with Crippen molar-refractivity contribution in [2.75, 3.05) is 0 Å². The average molecular weight is 224 g/mol. The Morgan fingerprint density at radius 3 is 2.60 bits per heavy atom. The maximum absolute atomic E-state index is 10.9. The van der Waals surface area contributed by atoms with E-state index in [0.29, 0.717) is 17.5 Å². The third-order valence-electron chi connectivity index (χ3n) is 2.20. The van der Waals surface area contributed by atoms with E-state index in [9.17, 15) is 4.79 Å². The van der Waals surface area contributed by atoms with Crippen molar-refractivity contribution in [3.8, 4) is 6.07 Å². The number of halogens is 1. The smallest absolute Gasteiger partial charge is 0.336 e. The van der Waals surface area contributed by atoms with Crippen LogP contribution >= 0.6 is 11.6 Å². The van der Waals surface area contributed by atoms with Gasteiger partial charge < -0.3 is 5.11 Å². The first-order valence-corrected chi connectivity index (χ1v) is 5.02. The molecular weight excluding hydrogens is 214 g/mol. The summed E-state index contributed by atoms with van der Waals surface area (Å²) in [6.07, 6.45) is 0.631. The second kappa shape index (κ2) is 4.81. The van der Waals surface area contributed by atoms with Gasteiger partial charge in [-0.3, -0.25) is 0 Å². The number of hydrogen-bond acceptors (Lipinski definition) is 2. The Balaban J connectivity index is 3.42. The van der Waals surface area contributed by atoms with Crippen molar-refractivity contribution in [1.82, 2.24) is 0 Å². The lowest BCUT2D eigenvalue weighted by Crippen LogP contribution is -2.04. The number of carboxylic acids is 1. The third kappa shape index (κ3) is 2.28. The van der Waals surface area contributed by atoms with Gasteiger partial charge in [0.15, 0.2) is 0 Å².